The summed E-state index contributed by atoms with van der Waals surface area (Å²) in [4.78, 5) is 0.344. The highest BCUT2D eigenvalue weighted by molar-refractivity contribution is 7.89. The number of benzene rings is 1. The molecule has 3 rings (SSSR count). The monoisotopic (exact) mass is 271 g/mol. The van der Waals surface area contributed by atoms with E-state index in [0.717, 1.165) is 0 Å². The minimum Gasteiger partial charge on any atom is -0.207 e. The largest absolute Gasteiger partial charge is 0.243 e. The molecule has 0 N–H and O–H groups in total. The Hall–Kier alpha value is -0.580. The van der Waals surface area contributed by atoms with Crippen molar-refractivity contribution in [3.8, 4) is 0 Å². The van der Waals surface area contributed by atoms with Gasteiger partial charge in [-0.2, -0.15) is 4.31 Å². The van der Waals surface area contributed by atoms with E-state index in [1.54, 1.807) is 28.6 Å². The van der Waals surface area contributed by atoms with Crippen molar-refractivity contribution in [2.75, 3.05) is 13.1 Å². The molecule has 0 amide bonds. The molecule has 2 fully saturated rings. The Kier molecular flexibility index (Phi) is 2.51. The van der Waals surface area contributed by atoms with Crippen molar-refractivity contribution in [3.63, 3.8) is 0 Å². The molecule has 1 aromatic carbocycles. The molecule has 0 unspecified atom stereocenters. The predicted molar refractivity (Wildman–Crippen MR) is 66.5 cm³/mol. The molecule has 0 radical (unpaired) electrons. The molecule has 1 saturated carbocycles. The number of hydrogen-bond acceptors (Lipinski definition) is 2. The van der Waals surface area contributed by atoms with Crippen LogP contribution in [0.3, 0.4) is 0 Å². The molecule has 1 spiro atoms. The highest BCUT2D eigenvalue weighted by Gasteiger charge is 2.51. The van der Waals surface area contributed by atoms with Crippen molar-refractivity contribution in [3.05, 3.63) is 29.3 Å². The Labute approximate surface area is 106 Å². The van der Waals surface area contributed by atoms with Crippen molar-refractivity contribution in [1.82, 2.24) is 4.31 Å². The molecule has 1 aromatic rings. The van der Waals surface area contributed by atoms with Gasteiger partial charge in [0.25, 0.3) is 0 Å². The average Bonchev–Trinajstić information content (AvgIpc) is 2.13. The first-order valence-corrected chi connectivity index (χ1v) is 7.60. The Morgan fingerprint density at radius 2 is 1.71 bits per heavy atom. The second-order valence-corrected chi connectivity index (χ2v) is 7.45. The van der Waals surface area contributed by atoms with Crippen molar-refractivity contribution in [2.24, 2.45) is 5.41 Å². The lowest BCUT2D eigenvalue weighted by Crippen LogP contribution is -2.61. The lowest BCUT2D eigenvalue weighted by Gasteiger charge is -2.54. The molecule has 0 bridgehead atoms. The molecule has 92 valence electrons. The van der Waals surface area contributed by atoms with E-state index in [2.05, 4.69) is 0 Å². The highest BCUT2D eigenvalue weighted by atomic mass is 35.5. The summed E-state index contributed by atoms with van der Waals surface area (Å²) in [5.41, 5.74) is 0.319. The van der Waals surface area contributed by atoms with Crippen molar-refractivity contribution in [1.29, 1.82) is 0 Å². The Morgan fingerprint density at radius 3 is 2.18 bits per heavy atom. The standard InChI is InChI=1S/C12H14ClNO2S/c13-10-2-4-11(5-3-10)17(15,16)14-8-12(9-14)6-1-7-12/h2-5H,1,6-9H2. The van der Waals surface area contributed by atoms with Gasteiger partial charge in [0.15, 0.2) is 0 Å². The average molecular weight is 272 g/mol. The van der Waals surface area contributed by atoms with Crippen LogP contribution in [-0.4, -0.2) is 25.8 Å². The van der Waals surface area contributed by atoms with E-state index < -0.39 is 10.0 Å². The summed E-state index contributed by atoms with van der Waals surface area (Å²) in [6, 6.07) is 6.38. The van der Waals surface area contributed by atoms with E-state index >= 15 is 0 Å². The van der Waals surface area contributed by atoms with E-state index in [1.165, 1.54) is 19.3 Å². The number of sulfonamides is 1. The number of rotatable bonds is 2. The molecule has 1 heterocycles. The van der Waals surface area contributed by atoms with Gasteiger partial charge in [-0.15, -0.1) is 0 Å². The van der Waals surface area contributed by atoms with Gasteiger partial charge in [-0.1, -0.05) is 18.0 Å². The van der Waals surface area contributed by atoms with E-state index in [9.17, 15) is 8.42 Å². The first-order valence-electron chi connectivity index (χ1n) is 5.78. The minimum absolute atomic E-state index is 0.319. The summed E-state index contributed by atoms with van der Waals surface area (Å²) in [7, 11) is -3.29. The first-order chi connectivity index (χ1) is 8.02. The SMILES string of the molecule is O=S(=O)(c1ccc(Cl)cc1)N1CC2(CCC2)C1. The van der Waals surface area contributed by atoms with Gasteiger partial charge >= 0.3 is 0 Å². The summed E-state index contributed by atoms with van der Waals surface area (Å²) in [6.07, 6.45) is 3.61. The van der Waals surface area contributed by atoms with Gasteiger partial charge in [0.1, 0.15) is 0 Å². The Morgan fingerprint density at radius 1 is 1.12 bits per heavy atom. The molecule has 2 aliphatic rings. The molecule has 3 nitrogen and oxygen atoms in total. The predicted octanol–water partition coefficient (Wildman–Crippen LogP) is 2.51. The molecule has 0 atom stereocenters. The smallest absolute Gasteiger partial charge is 0.207 e. The maximum absolute atomic E-state index is 12.2. The van der Waals surface area contributed by atoms with Gasteiger partial charge in [-0.25, -0.2) is 8.42 Å². The van der Waals surface area contributed by atoms with Crippen LogP contribution in [-0.2, 0) is 10.0 Å². The summed E-state index contributed by atoms with van der Waals surface area (Å²) in [5, 5.41) is 0.558. The molecule has 1 saturated heterocycles. The van der Waals surface area contributed by atoms with Gasteiger partial charge in [-0.05, 0) is 42.5 Å². The van der Waals surface area contributed by atoms with Gasteiger partial charge in [-0.3, -0.25) is 0 Å². The lowest BCUT2D eigenvalue weighted by atomic mass is 9.65. The minimum atomic E-state index is -3.29. The normalized spacial score (nSPS) is 23.1. The zero-order valence-corrected chi connectivity index (χ0v) is 11.0. The third kappa shape index (κ3) is 1.79. The van der Waals surface area contributed by atoms with Gasteiger partial charge < -0.3 is 0 Å². The number of hydrogen-bond donors (Lipinski definition) is 0. The topological polar surface area (TPSA) is 37.4 Å². The van der Waals surface area contributed by atoms with E-state index in [0.29, 0.717) is 28.4 Å². The van der Waals surface area contributed by atoms with Crippen LogP contribution in [0.1, 0.15) is 19.3 Å². The Bertz CT molecular complexity index is 526. The first kappa shape index (κ1) is 11.5. The molecule has 5 heteroatoms. The summed E-state index contributed by atoms with van der Waals surface area (Å²) in [6.45, 7) is 1.38. The fraction of sp³-hybridized carbons (Fsp3) is 0.500. The van der Waals surface area contributed by atoms with E-state index in [4.69, 9.17) is 11.6 Å². The fourth-order valence-corrected chi connectivity index (χ4v) is 4.41. The van der Waals surface area contributed by atoms with Crippen molar-refractivity contribution in [2.45, 2.75) is 24.2 Å². The fourth-order valence-electron chi connectivity index (χ4n) is 2.62. The summed E-state index contributed by atoms with van der Waals surface area (Å²) < 4.78 is 26.1. The van der Waals surface area contributed by atoms with Crippen LogP contribution < -0.4 is 0 Å². The van der Waals surface area contributed by atoms with Crippen LogP contribution in [0, 0.1) is 5.41 Å². The highest BCUT2D eigenvalue weighted by Crippen LogP contribution is 2.49. The van der Waals surface area contributed by atoms with Crippen LogP contribution >= 0.6 is 11.6 Å². The summed E-state index contributed by atoms with van der Waals surface area (Å²) in [5.74, 6) is 0. The molecular formula is C12H14ClNO2S. The maximum Gasteiger partial charge on any atom is 0.243 e. The van der Waals surface area contributed by atoms with E-state index in [1.807, 2.05) is 0 Å². The van der Waals surface area contributed by atoms with Gasteiger partial charge in [0, 0.05) is 18.1 Å². The summed E-state index contributed by atoms with van der Waals surface area (Å²) >= 11 is 5.76. The molecule has 1 aliphatic heterocycles. The maximum atomic E-state index is 12.2. The van der Waals surface area contributed by atoms with Crippen LogP contribution in [0.15, 0.2) is 29.2 Å². The third-order valence-corrected chi connectivity index (χ3v) is 5.95. The van der Waals surface area contributed by atoms with E-state index in [-0.39, 0.29) is 0 Å². The van der Waals surface area contributed by atoms with Crippen LogP contribution in [0.25, 0.3) is 0 Å². The molecule has 0 aromatic heterocycles. The number of halogens is 1. The van der Waals surface area contributed by atoms with Crippen molar-refractivity contribution >= 4 is 21.6 Å². The quantitative estimate of drug-likeness (QED) is 0.829. The van der Waals surface area contributed by atoms with Gasteiger partial charge in [0.2, 0.25) is 10.0 Å². The third-order valence-electron chi connectivity index (χ3n) is 3.89. The molecule has 17 heavy (non-hydrogen) atoms. The second-order valence-electron chi connectivity index (χ2n) is 5.08. The van der Waals surface area contributed by atoms with Crippen LogP contribution in [0.5, 0.6) is 0 Å². The van der Waals surface area contributed by atoms with Gasteiger partial charge in [0.05, 0.1) is 4.90 Å². The van der Waals surface area contributed by atoms with Crippen molar-refractivity contribution < 1.29 is 8.42 Å². The molecule has 1 aliphatic carbocycles. The zero-order valence-electron chi connectivity index (χ0n) is 9.39. The number of nitrogens with zero attached hydrogens (tertiary/aromatic N) is 1. The second kappa shape index (κ2) is 3.70. The van der Waals surface area contributed by atoms with Crippen LogP contribution in [0.4, 0.5) is 0 Å². The molecular weight excluding hydrogens is 258 g/mol. The Balaban J connectivity index is 1.80. The van der Waals surface area contributed by atoms with Crippen LogP contribution in [0.2, 0.25) is 5.02 Å². The zero-order chi connectivity index (χ0) is 12.1. The lowest BCUT2D eigenvalue weighted by molar-refractivity contribution is -0.00794.